The lowest BCUT2D eigenvalue weighted by Crippen LogP contribution is -2.59. The van der Waals surface area contributed by atoms with E-state index >= 15 is 0 Å². The molecule has 2 N–H and O–H groups in total. The molecule has 0 radical (unpaired) electrons. The lowest BCUT2D eigenvalue weighted by atomic mass is 9.98. The number of piperidine rings is 1. The summed E-state index contributed by atoms with van der Waals surface area (Å²) >= 11 is 0. The molecule has 0 atom stereocenters. The van der Waals surface area contributed by atoms with Crippen LogP contribution in [0.3, 0.4) is 0 Å². The molecule has 2 aliphatic heterocycles. The van der Waals surface area contributed by atoms with Crippen LogP contribution in [0.25, 0.3) is 0 Å². The van der Waals surface area contributed by atoms with Gasteiger partial charge in [0, 0.05) is 44.0 Å². The van der Waals surface area contributed by atoms with Gasteiger partial charge in [-0.3, -0.25) is 4.90 Å². The van der Waals surface area contributed by atoms with E-state index in [0.717, 1.165) is 62.7 Å². The summed E-state index contributed by atoms with van der Waals surface area (Å²) in [7, 11) is 0. The van der Waals surface area contributed by atoms with E-state index in [0.29, 0.717) is 18.1 Å². The lowest BCUT2D eigenvalue weighted by molar-refractivity contribution is -0.0154. The van der Waals surface area contributed by atoms with Crippen LogP contribution < -0.4 is 15.4 Å². The van der Waals surface area contributed by atoms with Gasteiger partial charge in [0.05, 0.1) is 0 Å². The number of nitrogen functional groups attached to an aromatic ring is 1. The number of rotatable bonds is 5. The molecule has 6 heteroatoms. The second-order valence-corrected chi connectivity index (χ2v) is 7.64. The zero-order chi connectivity index (χ0) is 18.8. The van der Waals surface area contributed by atoms with E-state index in [4.69, 9.17) is 10.5 Å². The van der Waals surface area contributed by atoms with Gasteiger partial charge in [-0.15, -0.1) is 0 Å². The number of nitrogens with zero attached hydrogens (tertiary/aromatic N) is 4. The van der Waals surface area contributed by atoms with Crippen LogP contribution >= 0.6 is 0 Å². The molecule has 144 valence electrons. The first kappa shape index (κ1) is 18.0. The molecule has 6 nitrogen and oxygen atoms in total. The summed E-state index contributed by atoms with van der Waals surface area (Å²) in [4.78, 5) is 13.4. The average molecular weight is 367 g/mol. The van der Waals surface area contributed by atoms with Crippen LogP contribution in [-0.2, 0) is 6.42 Å². The van der Waals surface area contributed by atoms with Gasteiger partial charge in [-0.25, -0.2) is 4.98 Å². The summed E-state index contributed by atoms with van der Waals surface area (Å²) in [5, 5.41) is 0. The Hall–Kier alpha value is -2.34. The standard InChI is InChI=1S/C21H29N5O/c1-3-16-5-4-6-18(12-16)27-19-13-26(14-19)17-7-9-25(10-8-17)20-11-15(2)23-21(22)24-20/h4-6,11-12,17,19H,3,7-10,13-14H2,1-2H3,(H2,22,23,24). The van der Waals surface area contributed by atoms with Crippen LogP contribution in [0.1, 0.15) is 31.0 Å². The van der Waals surface area contributed by atoms with Crippen LogP contribution in [0.5, 0.6) is 5.75 Å². The summed E-state index contributed by atoms with van der Waals surface area (Å²) in [6, 6.07) is 11.1. The number of anilines is 2. The van der Waals surface area contributed by atoms with Crippen molar-refractivity contribution in [2.45, 2.75) is 45.3 Å². The fourth-order valence-corrected chi connectivity index (χ4v) is 4.07. The summed E-state index contributed by atoms with van der Waals surface area (Å²) in [5.41, 5.74) is 8.05. The van der Waals surface area contributed by atoms with Crippen LogP contribution in [0, 0.1) is 6.92 Å². The molecular weight excluding hydrogens is 338 g/mol. The van der Waals surface area contributed by atoms with Crippen LogP contribution in [0.15, 0.2) is 30.3 Å². The molecule has 3 heterocycles. The number of aromatic nitrogens is 2. The molecule has 0 saturated carbocycles. The van der Waals surface area contributed by atoms with Gasteiger partial charge in [-0.2, -0.15) is 4.98 Å². The fraction of sp³-hybridized carbons (Fsp3) is 0.524. The second-order valence-electron chi connectivity index (χ2n) is 7.64. The highest BCUT2D eigenvalue weighted by molar-refractivity contribution is 5.43. The number of ether oxygens (including phenoxy) is 1. The van der Waals surface area contributed by atoms with E-state index in [9.17, 15) is 0 Å². The number of nitrogens with two attached hydrogens (primary N) is 1. The van der Waals surface area contributed by atoms with Crippen molar-refractivity contribution in [1.82, 2.24) is 14.9 Å². The van der Waals surface area contributed by atoms with Gasteiger partial charge < -0.3 is 15.4 Å². The fourth-order valence-electron chi connectivity index (χ4n) is 4.07. The maximum atomic E-state index is 6.15. The second kappa shape index (κ2) is 7.72. The maximum Gasteiger partial charge on any atom is 0.222 e. The minimum atomic E-state index is 0.319. The molecule has 0 aliphatic carbocycles. The Bertz CT molecular complexity index is 762. The normalized spacial score (nSPS) is 19.1. The van der Waals surface area contributed by atoms with Crippen molar-refractivity contribution >= 4 is 11.8 Å². The molecule has 1 aromatic heterocycles. The number of benzene rings is 1. The molecule has 2 fully saturated rings. The van der Waals surface area contributed by atoms with E-state index < -0.39 is 0 Å². The van der Waals surface area contributed by atoms with E-state index in [2.05, 4.69) is 51.0 Å². The Morgan fingerprint density at radius 2 is 1.93 bits per heavy atom. The molecule has 2 aliphatic rings. The average Bonchev–Trinajstić information content (AvgIpc) is 2.64. The van der Waals surface area contributed by atoms with Gasteiger partial charge in [0.2, 0.25) is 5.95 Å². The van der Waals surface area contributed by atoms with Gasteiger partial charge in [0.15, 0.2) is 0 Å². The molecule has 2 saturated heterocycles. The summed E-state index contributed by atoms with van der Waals surface area (Å²) in [6.07, 6.45) is 3.67. The first-order valence-corrected chi connectivity index (χ1v) is 9.96. The Labute approximate surface area is 161 Å². The zero-order valence-corrected chi connectivity index (χ0v) is 16.3. The van der Waals surface area contributed by atoms with Crippen molar-refractivity contribution in [1.29, 1.82) is 0 Å². The van der Waals surface area contributed by atoms with Crippen LogP contribution in [-0.4, -0.2) is 53.2 Å². The van der Waals surface area contributed by atoms with Gasteiger partial charge >= 0.3 is 0 Å². The van der Waals surface area contributed by atoms with Gasteiger partial charge in [-0.1, -0.05) is 19.1 Å². The van der Waals surface area contributed by atoms with Crippen LogP contribution in [0.2, 0.25) is 0 Å². The Morgan fingerprint density at radius 3 is 2.63 bits per heavy atom. The molecule has 0 bridgehead atoms. The third-order valence-corrected chi connectivity index (χ3v) is 5.65. The zero-order valence-electron chi connectivity index (χ0n) is 16.3. The molecule has 0 spiro atoms. The highest BCUT2D eigenvalue weighted by atomic mass is 16.5. The Balaban J connectivity index is 1.25. The minimum absolute atomic E-state index is 0.319. The molecule has 2 aromatic rings. The van der Waals surface area contributed by atoms with E-state index in [1.54, 1.807) is 0 Å². The number of hydrogen-bond acceptors (Lipinski definition) is 6. The molecule has 1 aromatic carbocycles. The summed E-state index contributed by atoms with van der Waals surface area (Å²) in [5.74, 6) is 2.33. The smallest absolute Gasteiger partial charge is 0.222 e. The molecule has 4 rings (SSSR count). The predicted molar refractivity (Wildman–Crippen MR) is 108 cm³/mol. The van der Waals surface area contributed by atoms with Crippen LogP contribution in [0.4, 0.5) is 11.8 Å². The highest BCUT2D eigenvalue weighted by Gasteiger charge is 2.35. The summed E-state index contributed by atoms with van der Waals surface area (Å²) < 4.78 is 6.15. The molecule has 27 heavy (non-hydrogen) atoms. The largest absolute Gasteiger partial charge is 0.488 e. The van der Waals surface area contributed by atoms with Crippen molar-refractivity contribution < 1.29 is 4.74 Å². The third kappa shape index (κ3) is 4.16. The van der Waals surface area contributed by atoms with Crippen molar-refractivity contribution in [3.8, 4) is 5.75 Å². The third-order valence-electron chi connectivity index (χ3n) is 5.65. The van der Waals surface area contributed by atoms with Crippen molar-refractivity contribution in [2.75, 3.05) is 36.8 Å². The Kier molecular flexibility index (Phi) is 5.16. The lowest BCUT2D eigenvalue weighted by Gasteiger charge is -2.46. The first-order valence-electron chi connectivity index (χ1n) is 9.96. The summed E-state index contributed by atoms with van der Waals surface area (Å²) in [6.45, 7) is 8.22. The first-order chi connectivity index (χ1) is 13.1. The monoisotopic (exact) mass is 367 g/mol. The topological polar surface area (TPSA) is 67.5 Å². The van der Waals surface area contributed by atoms with E-state index in [1.165, 1.54) is 5.56 Å². The van der Waals surface area contributed by atoms with E-state index in [-0.39, 0.29) is 0 Å². The van der Waals surface area contributed by atoms with E-state index in [1.807, 2.05) is 13.0 Å². The molecule has 0 unspecified atom stereocenters. The predicted octanol–water partition coefficient (Wildman–Crippen LogP) is 2.66. The van der Waals surface area contributed by atoms with Gasteiger partial charge in [0.1, 0.15) is 17.7 Å². The van der Waals surface area contributed by atoms with Crippen molar-refractivity contribution in [2.24, 2.45) is 0 Å². The number of hydrogen-bond donors (Lipinski definition) is 1. The van der Waals surface area contributed by atoms with Gasteiger partial charge in [0.25, 0.3) is 0 Å². The minimum Gasteiger partial charge on any atom is -0.488 e. The number of likely N-dealkylation sites (tertiary alicyclic amines) is 1. The van der Waals surface area contributed by atoms with Crippen molar-refractivity contribution in [3.05, 3.63) is 41.6 Å². The molecule has 0 amide bonds. The highest BCUT2D eigenvalue weighted by Crippen LogP contribution is 2.27. The number of aryl methyl sites for hydroxylation is 2. The maximum absolute atomic E-state index is 6.15. The Morgan fingerprint density at radius 1 is 1.15 bits per heavy atom. The van der Waals surface area contributed by atoms with Crippen molar-refractivity contribution in [3.63, 3.8) is 0 Å². The quantitative estimate of drug-likeness (QED) is 0.876. The van der Waals surface area contributed by atoms with Gasteiger partial charge in [-0.05, 0) is 43.9 Å². The molecular formula is C21H29N5O. The SMILES string of the molecule is CCc1cccc(OC2CN(C3CCN(c4cc(C)nc(N)n4)CC3)C2)c1.